The van der Waals surface area contributed by atoms with Crippen molar-refractivity contribution >= 4 is 23.6 Å². The van der Waals surface area contributed by atoms with E-state index in [4.69, 9.17) is 11.3 Å². The maximum Gasteiger partial charge on any atom is 0.267 e. The normalized spacial score (nSPS) is 20.1. The molecule has 0 unspecified atom stereocenters. The van der Waals surface area contributed by atoms with Crippen molar-refractivity contribution in [3.63, 3.8) is 0 Å². The summed E-state index contributed by atoms with van der Waals surface area (Å²) in [5.41, 5.74) is 10.5. The third kappa shape index (κ3) is 10.0. The molecule has 0 saturated carbocycles. The number of carbonyl (C=O) groups is 4. The Morgan fingerprint density at radius 3 is 2.33 bits per heavy atom. The zero-order valence-corrected chi connectivity index (χ0v) is 24.7. The van der Waals surface area contributed by atoms with Crippen LogP contribution < -0.4 is 26.6 Å². The van der Waals surface area contributed by atoms with E-state index in [9.17, 15) is 43.3 Å². The molecule has 1 aliphatic heterocycles. The fraction of sp³-hybridized carbons (Fsp3) is 0.840. The van der Waals surface area contributed by atoms with Crippen LogP contribution in [0.15, 0.2) is 5.11 Å². The molecule has 1 saturated heterocycles. The highest BCUT2D eigenvalue weighted by Crippen LogP contribution is 2.33. The molecule has 1 heterocycles. The number of hydrogen-bond donors (Lipinski definition) is 8. The molecule has 15 nitrogen and oxygen atoms in total. The van der Waals surface area contributed by atoms with E-state index in [1.54, 1.807) is 13.8 Å². The second-order valence-corrected chi connectivity index (χ2v) is 11.4. The summed E-state index contributed by atoms with van der Waals surface area (Å²) < 4.78 is 28.9. The van der Waals surface area contributed by atoms with E-state index in [1.165, 1.54) is 13.8 Å². The number of hydrogen-bond acceptors (Lipinski definition) is 10. The number of unbranched alkanes of at least 4 members (excludes halogenated alkanes) is 1. The summed E-state index contributed by atoms with van der Waals surface area (Å²) in [4.78, 5) is 54.8. The van der Waals surface area contributed by atoms with Crippen LogP contribution in [0.3, 0.4) is 0 Å². The third-order valence-corrected chi connectivity index (χ3v) is 7.05. The highest BCUT2D eigenvalue weighted by Gasteiger charge is 2.52. The number of nitrogens with two attached hydrogens (primary N) is 1. The number of amides is 4. The predicted octanol–water partition coefficient (Wildman–Crippen LogP) is -1.13. The lowest BCUT2D eigenvalue weighted by Crippen LogP contribution is -2.71. The Kier molecular flexibility index (Phi) is 13.5. The molecule has 9 N–H and O–H groups in total. The molecule has 0 spiro atoms. The second-order valence-electron chi connectivity index (χ2n) is 11.4. The number of likely N-dealkylation sites (tertiary alicyclic amines) is 1. The van der Waals surface area contributed by atoms with Gasteiger partial charge in [-0.15, -0.1) is 0 Å². The van der Waals surface area contributed by atoms with Crippen LogP contribution in [0.1, 0.15) is 66.7 Å². The van der Waals surface area contributed by atoms with Crippen molar-refractivity contribution < 1.29 is 43.3 Å². The van der Waals surface area contributed by atoms with Gasteiger partial charge in [0.2, 0.25) is 40.9 Å². The lowest BCUT2D eigenvalue weighted by molar-refractivity contribution is -0.234. The highest BCUT2D eigenvalue weighted by atomic mass is 19.3. The van der Waals surface area contributed by atoms with Gasteiger partial charge in [0.15, 0.2) is 0 Å². The first-order chi connectivity index (χ1) is 19.3. The summed E-state index contributed by atoms with van der Waals surface area (Å²) in [5, 5.41) is 41.6. The molecule has 4 amide bonds. The van der Waals surface area contributed by atoms with Gasteiger partial charge in [-0.3, -0.25) is 19.2 Å². The van der Waals surface area contributed by atoms with Crippen LogP contribution in [0, 0.1) is 11.4 Å². The second kappa shape index (κ2) is 15.4. The van der Waals surface area contributed by atoms with Crippen LogP contribution >= 0.6 is 0 Å². The smallest absolute Gasteiger partial charge is 0.267 e. The number of nitrogens with zero attached hydrogens (tertiary/aromatic N) is 3. The fourth-order valence-corrected chi connectivity index (χ4v) is 4.51. The largest absolute Gasteiger partial charge is 0.394 e. The van der Waals surface area contributed by atoms with Crippen LogP contribution in [-0.2, 0) is 19.2 Å². The molecule has 0 bridgehead atoms. The van der Waals surface area contributed by atoms with Crippen molar-refractivity contribution in [3.05, 3.63) is 0 Å². The van der Waals surface area contributed by atoms with Gasteiger partial charge in [0.1, 0.15) is 28.8 Å². The number of carbonyl (C=O) groups excluding carboxylic acids is 4. The number of rotatable bonds is 16. The van der Waals surface area contributed by atoms with Crippen LogP contribution in [0.2, 0.25) is 0 Å². The zero-order valence-electron chi connectivity index (χ0n) is 24.7. The Morgan fingerprint density at radius 1 is 1.19 bits per heavy atom. The van der Waals surface area contributed by atoms with Crippen LogP contribution in [0.5, 0.6) is 0 Å². The van der Waals surface area contributed by atoms with Crippen LogP contribution in [0.4, 0.5) is 8.78 Å². The van der Waals surface area contributed by atoms with Gasteiger partial charge in [-0.1, -0.05) is 33.6 Å². The van der Waals surface area contributed by atoms with Crippen LogP contribution in [0.25, 0.3) is 0 Å². The molecular formula is C25H45F2N8O7+. The van der Waals surface area contributed by atoms with E-state index >= 15 is 0 Å². The first-order valence-corrected chi connectivity index (χ1v) is 13.8. The molecule has 17 heteroatoms. The van der Waals surface area contributed by atoms with Gasteiger partial charge in [-0.2, -0.15) is 0 Å². The summed E-state index contributed by atoms with van der Waals surface area (Å²) >= 11 is 0. The van der Waals surface area contributed by atoms with E-state index in [-0.39, 0.29) is 18.8 Å². The quantitative estimate of drug-likeness (QED) is 0.0605. The van der Waals surface area contributed by atoms with Gasteiger partial charge < -0.3 is 41.9 Å². The third-order valence-electron chi connectivity index (χ3n) is 7.05. The Labute approximate surface area is 243 Å². The summed E-state index contributed by atoms with van der Waals surface area (Å²) in [6, 6.07) is -5.64. The van der Waals surface area contributed by atoms with E-state index in [0.717, 1.165) is 0 Å². The fourth-order valence-electron chi connectivity index (χ4n) is 4.51. The van der Waals surface area contributed by atoms with Crippen molar-refractivity contribution in [1.29, 1.82) is 5.53 Å². The number of halogens is 2. The molecular weight excluding hydrogens is 562 g/mol. The van der Waals surface area contributed by atoms with E-state index in [0.29, 0.717) is 17.7 Å². The monoisotopic (exact) mass is 607 g/mol. The minimum Gasteiger partial charge on any atom is -0.394 e. The van der Waals surface area contributed by atoms with E-state index in [1.807, 2.05) is 6.92 Å². The molecule has 1 aliphatic rings. The maximum atomic E-state index is 14.4. The first kappa shape index (κ1) is 36.9. The Balaban J connectivity index is 3.20. The molecule has 240 valence electrons. The molecule has 0 aromatic carbocycles. The average Bonchev–Trinajstić information content (AvgIpc) is 3.23. The predicted molar refractivity (Wildman–Crippen MR) is 145 cm³/mol. The van der Waals surface area contributed by atoms with Crippen LogP contribution in [-0.4, -0.2) is 105 Å². The van der Waals surface area contributed by atoms with Gasteiger partial charge >= 0.3 is 0 Å². The Morgan fingerprint density at radius 2 is 1.81 bits per heavy atom. The van der Waals surface area contributed by atoms with E-state index in [2.05, 4.69) is 26.0 Å². The summed E-state index contributed by atoms with van der Waals surface area (Å²) in [6.45, 7) is 5.30. The standard InChI is InChI=1S/C25H44F2N8O7/c1-6-7-8-16(20(38)33-18(9-14(2)3)25(41,42)23(5,28)13-36)32-21(39)17-10-24(26,27)12-35(17)22(40)15(4)31-19(37)11-30-34-29/h14-18,29,36,41-42H,6-13,28H2,1-5H3,(H2-,31,32,33,37,38,39)/p+1/t15-,16-,17-,18-,23-/m0/s1. The lowest BCUT2D eigenvalue weighted by Gasteiger charge is -2.43. The molecule has 5 atom stereocenters. The lowest BCUT2D eigenvalue weighted by atomic mass is 9.83. The van der Waals surface area contributed by atoms with Gasteiger partial charge in [0.25, 0.3) is 5.92 Å². The zero-order chi connectivity index (χ0) is 32.5. The molecule has 0 radical (unpaired) electrons. The maximum absolute atomic E-state index is 14.4. The molecule has 0 aromatic heterocycles. The number of aliphatic hydroxyl groups excluding tert-OH is 1. The summed E-state index contributed by atoms with van der Waals surface area (Å²) in [6.07, 6.45) is 0.122. The average molecular weight is 608 g/mol. The Hall–Kier alpha value is -3.11. The van der Waals surface area contributed by atoms with Crippen molar-refractivity contribution in [2.45, 2.75) is 108 Å². The minimum atomic E-state index is -3.42. The number of nitrogens with one attached hydrogen (secondary N) is 4. The minimum absolute atomic E-state index is 0.0316. The molecule has 1 fully saturated rings. The van der Waals surface area contributed by atoms with E-state index < -0.39 is 91.2 Å². The van der Waals surface area contributed by atoms with Crippen molar-refractivity contribution in [2.75, 3.05) is 19.7 Å². The van der Waals surface area contributed by atoms with Crippen molar-refractivity contribution in [1.82, 2.24) is 25.8 Å². The molecule has 1 rings (SSSR count). The van der Waals surface area contributed by atoms with Gasteiger partial charge in [0.05, 0.1) is 24.7 Å². The number of alkyl halides is 2. The molecule has 0 aliphatic carbocycles. The van der Waals surface area contributed by atoms with Gasteiger partial charge in [0, 0.05) is 6.42 Å². The molecule has 42 heavy (non-hydrogen) atoms. The van der Waals surface area contributed by atoms with Gasteiger partial charge in [-0.05, 0) is 32.6 Å². The molecule has 0 aromatic rings. The summed E-state index contributed by atoms with van der Waals surface area (Å²) in [7, 11) is 0. The first-order valence-electron chi connectivity index (χ1n) is 13.8. The van der Waals surface area contributed by atoms with Gasteiger partial charge in [-0.25, -0.2) is 8.78 Å². The SMILES string of the molecule is CCCC[C@H](NC(=O)[C@@H]1CC(F)(F)CN1C(=O)[C@H](C)NC(=O)CN=[N+]=N)C(=O)N[C@@H](CC(C)C)C(O)(O)[C@@](C)(N)CO. The van der Waals surface area contributed by atoms with Crippen molar-refractivity contribution in [3.8, 4) is 0 Å². The Bertz CT molecular complexity index is 1020. The topological polar surface area (TPSA) is 245 Å². The number of aliphatic hydroxyl groups is 3. The highest BCUT2D eigenvalue weighted by molar-refractivity contribution is 5.95. The van der Waals surface area contributed by atoms with Crippen molar-refractivity contribution in [2.24, 2.45) is 16.8 Å². The summed E-state index contributed by atoms with van der Waals surface area (Å²) in [5.74, 6) is -9.97.